The van der Waals surface area contributed by atoms with Crippen molar-refractivity contribution in [3.05, 3.63) is 51.5 Å². The van der Waals surface area contributed by atoms with E-state index in [1.165, 1.54) is 0 Å². The van der Waals surface area contributed by atoms with E-state index in [1.807, 2.05) is 18.3 Å². The van der Waals surface area contributed by atoms with Crippen LogP contribution in [0.2, 0.25) is 5.02 Å². The van der Waals surface area contributed by atoms with E-state index in [0.29, 0.717) is 0 Å². The third-order valence-electron chi connectivity index (χ3n) is 3.02. The van der Waals surface area contributed by atoms with Gasteiger partial charge in [-0.3, -0.25) is 0 Å². The predicted octanol–water partition coefficient (Wildman–Crippen LogP) is 4.11. The van der Waals surface area contributed by atoms with Gasteiger partial charge in [-0.05, 0) is 37.6 Å². The molecule has 2 N–H and O–H groups in total. The van der Waals surface area contributed by atoms with Crippen molar-refractivity contribution in [1.82, 2.24) is 15.3 Å². The first kappa shape index (κ1) is 14.6. The van der Waals surface area contributed by atoms with Crippen LogP contribution >= 0.6 is 27.5 Å². The Morgan fingerprint density at radius 1 is 1.47 bits per heavy atom. The van der Waals surface area contributed by atoms with E-state index in [1.54, 1.807) is 6.20 Å². The van der Waals surface area contributed by atoms with Crippen molar-refractivity contribution >= 4 is 27.5 Å². The second-order valence-corrected chi connectivity index (χ2v) is 5.80. The van der Waals surface area contributed by atoms with Crippen LogP contribution in [-0.4, -0.2) is 16.5 Å². The van der Waals surface area contributed by atoms with Gasteiger partial charge in [0.25, 0.3) is 0 Å². The van der Waals surface area contributed by atoms with Crippen molar-refractivity contribution < 1.29 is 0 Å². The fraction of sp³-hybridized carbons (Fsp3) is 0.357. The summed E-state index contributed by atoms with van der Waals surface area (Å²) >= 11 is 9.65. The number of hydrogen-bond donors (Lipinski definition) is 2. The summed E-state index contributed by atoms with van der Waals surface area (Å²) in [6.45, 7) is 3.07. The summed E-state index contributed by atoms with van der Waals surface area (Å²) in [7, 11) is 0. The highest BCUT2D eigenvalue weighted by molar-refractivity contribution is 9.10. The molecule has 1 aromatic heterocycles. The molecule has 1 heterocycles. The number of aryl methyl sites for hydroxylation is 1. The van der Waals surface area contributed by atoms with Gasteiger partial charge in [-0.25, -0.2) is 4.98 Å². The Bertz CT molecular complexity index is 513. The molecule has 3 nitrogen and oxygen atoms in total. The van der Waals surface area contributed by atoms with Crippen LogP contribution in [0.1, 0.15) is 30.8 Å². The van der Waals surface area contributed by atoms with E-state index >= 15 is 0 Å². The highest BCUT2D eigenvalue weighted by Crippen LogP contribution is 2.26. The third kappa shape index (κ3) is 4.34. The molecular weight excluding hydrogens is 326 g/mol. The molecule has 5 heteroatoms. The second-order valence-electron chi connectivity index (χ2n) is 4.48. The van der Waals surface area contributed by atoms with Crippen LogP contribution in [0.5, 0.6) is 0 Å². The first-order valence-corrected chi connectivity index (χ1v) is 7.50. The van der Waals surface area contributed by atoms with Crippen molar-refractivity contribution in [1.29, 1.82) is 0 Å². The van der Waals surface area contributed by atoms with Crippen LogP contribution in [-0.2, 0) is 6.42 Å². The molecule has 0 bridgehead atoms. The molecule has 1 aromatic carbocycles. The fourth-order valence-electron chi connectivity index (χ4n) is 1.97. The zero-order chi connectivity index (χ0) is 13.7. The van der Waals surface area contributed by atoms with Crippen LogP contribution in [0.25, 0.3) is 0 Å². The van der Waals surface area contributed by atoms with Gasteiger partial charge >= 0.3 is 0 Å². The topological polar surface area (TPSA) is 40.7 Å². The van der Waals surface area contributed by atoms with E-state index in [-0.39, 0.29) is 6.04 Å². The van der Waals surface area contributed by atoms with E-state index in [4.69, 9.17) is 11.6 Å². The quantitative estimate of drug-likeness (QED) is 0.776. The summed E-state index contributed by atoms with van der Waals surface area (Å²) in [5.74, 6) is 1.04. The molecule has 0 spiro atoms. The van der Waals surface area contributed by atoms with Gasteiger partial charge in [0.15, 0.2) is 0 Å². The van der Waals surface area contributed by atoms with Crippen molar-refractivity contribution in [3.63, 3.8) is 0 Å². The molecule has 0 aliphatic carbocycles. The maximum atomic E-state index is 6.23. The number of nitrogens with zero attached hydrogens (tertiary/aromatic N) is 1. The van der Waals surface area contributed by atoms with E-state index < -0.39 is 0 Å². The molecular formula is C14H17BrClN3. The Hall–Kier alpha value is -0.840. The highest BCUT2D eigenvalue weighted by atomic mass is 79.9. The Balaban J connectivity index is 1.79. The molecule has 2 rings (SSSR count). The molecule has 2 aromatic rings. The van der Waals surface area contributed by atoms with Gasteiger partial charge in [-0.2, -0.15) is 0 Å². The number of H-pyrrole nitrogens is 1. The molecule has 0 saturated carbocycles. The van der Waals surface area contributed by atoms with Gasteiger partial charge in [-0.1, -0.05) is 33.6 Å². The van der Waals surface area contributed by atoms with Crippen LogP contribution < -0.4 is 5.32 Å². The van der Waals surface area contributed by atoms with Crippen molar-refractivity contribution in [2.75, 3.05) is 6.54 Å². The first-order chi connectivity index (χ1) is 9.16. The lowest BCUT2D eigenvalue weighted by atomic mass is 10.1. The number of benzene rings is 1. The number of aromatic amines is 1. The van der Waals surface area contributed by atoms with Crippen LogP contribution in [0.15, 0.2) is 35.1 Å². The molecule has 0 saturated heterocycles. The lowest BCUT2D eigenvalue weighted by molar-refractivity contribution is 0.555. The largest absolute Gasteiger partial charge is 0.349 e. The summed E-state index contributed by atoms with van der Waals surface area (Å²) in [5, 5.41) is 4.27. The molecule has 19 heavy (non-hydrogen) atoms. The minimum absolute atomic E-state index is 0.247. The zero-order valence-corrected chi connectivity index (χ0v) is 13.1. The Kier molecular flexibility index (Phi) is 5.43. The van der Waals surface area contributed by atoms with Gasteiger partial charge in [0.1, 0.15) is 5.82 Å². The van der Waals surface area contributed by atoms with Crippen LogP contribution in [0, 0.1) is 0 Å². The Morgan fingerprint density at radius 3 is 3.00 bits per heavy atom. The first-order valence-electron chi connectivity index (χ1n) is 6.33. The summed E-state index contributed by atoms with van der Waals surface area (Å²) in [4.78, 5) is 7.31. The molecule has 0 aliphatic rings. The van der Waals surface area contributed by atoms with Gasteiger partial charge in [0.2, 0.25) is 0 Å². The minimum atomic E-state index is 0.247. The normalized spacial score (nSPS) is 12.6. The van der Waals surface area contributed by atoms with Gasteiger partial charge in [0.05, 0.1) is 0 Å². The molecule has 1 unspecified atom stereocenters. The SMILES string of the molecule is CC(NCCCc1ncc[nH]1)c1ccc(Br)cc1Cl. The smallest absolute Gasteiger partial charge is 0.106 e. The zero-order valence-electron chi connectivity index (χ0n) is 10.8. The fourth-order valence-corrected chi connectivity index (χ4v) is 2.81. The lowest BCUT2D eigenvalue weighted by Crippen LogP contribution is -2.20. The minimum Gasteiger partial charge on any atom is -0.349 e. The van der Waals surface area contributed by atoms with Crippen molar-refractivity contribution in [3.8, 4) is 0 Å². The summed E-state index contributed by atoms with van der Waals surface area (Å²) in [6.07, 6.45) is 5.65. The monoisotopic (exact) mass is 341 g/mol. The number of aromatic nitrogens is 2. The maximum Gasteiger partial charge on any atom is 0.106 e. The number of hydrogen-bond acceptors (Lipinski definition) is 2. The second kappa shape index (κ2) is 7.08. The molecule has 1 atom stereocenters. The van der Waals surface area contributed by atoms with E-state index in [9.17, 15) is 0 Å². The van der Waals surface area contributed by atoms with E-state index in [0.717, 1.165) is 40.3 Å². The molecule has 0 fully saturated rings. The third-order valence-corrected chi connectivity index (χ3v) is 3.85. The molecule has 0 amide bonds. The van der Waals surface area contributed by atoms with Gasteiger partial charge in [0, 0.05) is 34.4 Å². The molecule has 0 radical (unpaired) electrons. The standard InChI is InChI=1S/C14H17BrClN3/c1-10(12-5-4-11(15)9-13(12)16)17-6-2-3-14-18-7-8-19-14/h4-5,7-10,17H,2-3,6H2,1H3,(H,18,19). The maximum absolute atomic E-state index is 6.23. The summed E-state index contributed by atoms with van der Waals surface area (Å²) < 4.78 is 1.01. The summed E-state index contributed by atoms with van der Waals surface area (Å²) in [5.41, 5.74) is 1.13. The number of nitrogens with one attached hydrogen (secondary N) is 2. The number of rotatable bonds is 6. The molecule has 0 aliphatic heterocycles. The Labute approximate surface area is 126 Å². The number of imidazole rings is 1. The van der Waals surface area contributed by atoms with Crippen LogP contribution in [0.3, 0.4) is 0 Å². The highest BCUT2D eigenvalue weighted by Gasteiger charge is 2.09. The Morgan fingerprint density at radius 2 is 2.32 bits per heavy atom. The van der Waals surface area contributed by atoms with Gasteiger partial charge in [-0.15, -0.1) is 0 Å². The van der Waals surface area contributed by atoms with Gasteiger partial charge < -0.3 is 10.3 Å². The molecule has 102 valence electrons. The van der Waals surface area contributed by atoms with Crippen LogP contribution in [0.4, 0.5) is 0 Å². The lowest BCUT2D eigenvalue weighted by Gasteiger charge is -2.15. The average Bonchev–Trinajstić information content (AvgIpc) is 2.87. The summed E-state index contributed by atoms with van der Waals surface area (Å²) in [6, 6.07) is 6.24. The predicted molar refractivity (Wildman–Crippen MR) is 82.5 cm³/mol. The number of halogens is 2. The van der Waals surface area contributed by atoms with Crippen molar-refractivity contribution in [2.45, 2.75) is 25.8 Å². The average molecular weight is 343 g/mol. The van der Waals surface area contributed by atoms with E-state index in [2.05, 4.69) is 44.2 Å². The van der Waals surface area contributed by atoms with Crippen molar-refractivity contribution in [2.24, 2.45) is 0 Å².